The van der Waals surface area contributed by atoms with Crippen molar-refractivity contribution in [2.24, 2.45) is 0 Å². The Morgan fingerprint density at radius 3 is 2.00 bits per heavy atom. The number of nitrogens with zero attached hydrogens (tertiary/aromatic N) is 3. The van der Waals surface area contributed by atoms with Gasteiger partial charge >= 0.3 is 0 Å². The topological polar surface area (TPSA) is 50.7 Å². The van der Waals surface area contributed by atoms with E-state index in [1.807, 2.05) is 0 Å². The zero-order chi connectivity index (χ0) is 13.3. The van der Waals surface area contributed by atoms with Gasteiger partial charge in [-0.05, 0) is 23.2 Å². The van der Waals surface area contributed by atoms with Crippen LogP contribution in [0.2, 0.25) is 10.6 Å². The molecule has 1 heterocycles. The van der Waals surface area contributed by atoms with E-state index in [1.54, 1.807) is 0 Å². The Morgan fingerprint density at radius 2 is 1.39 bits per heavy atom. The number of halogens is 5. The highest BCUT2D eigenvalue weighted by atomic mass is 35.5. The molecule has 0 unspecified atom stereocenters. The maximum Gasteiger partial charge on any atom is 0.232 e. The molecule has 0 aliphatic rings. The molecule has 0 radical (unpaired) electrons. The average Bonchev–Trinajstić information content (AvgIpc) is 2.24. The minimum atomic E-state index is -1.30. The summed E-state index contributed by atoms with van der Waals surface area (Å²) in [6.45, 7) is 0. The van der Waals surface area contributed by atoms with Crippen LogP contribution in [0, 0.1) is 17.5 Å². The molecule has 4 nitrogen and oxygen atoms in total. The number of benzene rings is 1. The molecule has 0 amide bonds. The van der Waals surface area contributed by atoms with Gasteiger partial charge in [0, 0.05) is 12.1 Å². The van der Waals surface area contributed by atoms with Crippen LogP contribution in [0.1, 0.15) is 0 Å². The summed E-state index contributed by atoms with van der Waals surface area (Å²) in [5.41, 5.74) is -0.354. The average molecular weight is 295 g/mol. The summed E-state index contributed by atoms with van der Waals surface area (Å²) < 4.78 is 38.9. The van der Waals surface area contributed by atoms with Crippen LogP contribution in [0.5, 0.6) is 0 Å². The zero-order valence-electron chi connectivity index (χ0n) is 8.39. The van der Waals surface area contributed by atoms with Crippen molar-refractivity contribution in [3.8, 4) is 0 Å². The lowest BCUT2D eigenvalue weighted by atomic mass is 10.3. The molecule has 94 valence electrons. The molecule has 1 aromatic carbocycles. The Balaban J connectivity index is 2.36. The van der Waals surface area contributed by atoms with E-state index >= 15 is 0 Å². The van der Waals surface area contributed by atoms with Crippen molar-refractivity contribution in [2.45, 2.75) is 0 Å². The monoisotopic (exact) mass is 294 g/mol. The Labute approximate surface area is 109 Å². The van der Waals surface area contributed by atoms with Crippen molar-refractivity contribution in [2.75, 3.05) is 5.32 Å². The first-order chi connectivity index (χ1) is 8.45. The fourth-order valence-corrected chi connectivity index (χ4v) is 1.48. The van der Waals surface area contributed by atoms with Gasteiger partial charge in [0.15, 0.2) is 11.6 Å². The van der Waals surface area contributed by atoms with Gasteiger partial charge in [-0.25, -0.2) is 13.2 Å². The molecule has 2 rings (SSSR count). The minimum Gasteiger partial charge on any atom is -0.321 e. The largest absolute Gasteiger partial charge is 0.321 e. The van der Waals surface area contributed by atoms with Crippen LogP contribution in [0.3, 0.4) is 0 Å². The van der Waals surface area contributed by atoms with Crippen molar-refractivity contribution in [1.29, 1.82) is 0 Å². The second-order valence-corrected chi connectivity index (χ2v) is 3.74. The minimum absolute atomic E-state index is 0.190. The van der Waals surface area contributed by atoms with Gasteiger partial charge in [-0.1, -0.05) is 0 Å². The standard InChI is InChI=1S/C9H3Cl2F3N4/c10-7-16-8(11)18-9(17-7)15-6-2-4(13)3(12)1-5(6)14/h1-2H,(H,15,16,17,18). The summed E-state index contributed by atoms with van der Waals surface area (Å²) >= 11 is 11.0. The summed E-state index contributed by atoms with van der Waals surface area (Å²) in [7, 11) is 0. The Bertz CT molecular complexity index is 588. The third kappa shape index (κ3) is 2.80. The van der Waals surface area contributed by atoms with Crippen LogP contribution in [-0.4, -0.2) is 15.0 Å². The van der Waals surface area contributed by atoms with Crippen LogP contribution >= 0.6 is 23.2 Å². The van der Waals surface area contributed by atoms with Crippen LogP contribution in [0.4, 0.5) is 24.8 Å². The van der Waals surface area contributed by atoms with Crippen molar-refractivity contribution < 1.29 is 13.2 Å². The normalized spacial score (nSPS) is 10.5. The molecule has 0 aliphatic heterocycles. The van der Waals surface area contributed by atoms with Crippen LogP contribution in [0.25, 0.3) is 0 Å². The molecular weight excluding hydrogens is 292 g/mol. The third-order valence-electron chi connectivity index (χ3n) is 1.84. The maximum atomic E-state index is 13.3. The van der Waals surface area contributed by atoms with Crippen molar-refractivity contribution in [3.63, 3.8) is 0 Å². The summed E-state index contributed by atoms with van der Waals surface area (Å²) in [5, 5.41) is 1.87. The van der Waals surface area contributed by atoms with Gasteiger partial charge < -0.3 is 5.32 Å². The van der Waals surface area contributed by atoms with E-state index in [1.165, 1.54) is 0 Å². The molecule has 0 saturated heterocycles. The first kappa shape index (κ1) is 12.8. The lowest BCUT2D eigenvalue weighted by molar-refractivity contribution is 0.496. The second-order valence-electron chi connectivity index (χ2n) is 3.07. The number of hydrogen-bond acceptors (Lipinski definition) is 4. The van der Waals surface area contributed by atoms with Crippen LogP contribution in [-0.2, 0) is 0 Å². The summed E-state index contributed by atoms with van der Waals surface area (Å²) in [5.74, 6) is -3.72. The van der Waals surface area contributed by atoms with E-state index in [-0.39, 0.29) is 22.2 Å². The smallest absolute Gasteiger partial charge is 0.232 e. The van der Waals surface area contributed by atoms with Crippen LogP contribution < -0.4 is 5.32 Å². The quantitative estimate of drug-likeness (QED) is 0.863. The van der Waals surface area contributed by atoms with Crippen molar-refractivity contribution in [3.05, 3.63) is 40.2 Å². The highest BCUT2D eigenvalue weighted by Crippen LogP contribution is 2.21. The molecule has 0 saturated carbocycles. The van der Waals surface area contributed by atoms with Gasteiger partial charge in [-0.3, -0.25) is 0 Å². The number of aromatic nitrogens is 3. The highest BCUT2D eigenvalue weighted by molar-refractivity contribution is 6.31. The van der Waals surface area contributed by atoms with E-state index in [0.717, 1.165) is 0 Å². The summed E-state index contributed by atoms with van der Waals surface area (Å²) in [6.07, 6.45) is 0. The molecule has 0 spiro atoms. The molecule has 2 aromatic rings. The van der Waals surface area contributed by atoms with E-state index in [2.05, 4.69) is 20.3 Å². The van der Waals surface area contributed by atoms with Crippen molar-refractivity contribution >= 4 is 34.8 Å². The zero-order valence-corrected chi connectivity index (χ0v) is 9.90. The Kier molecular flexibility index (Phi) is 3.53. The fourth-order valence-electron chi connectivity index (χ4n) is 1.12. The number of nitrogens with one attached hydrogen (secondary N) is 1. The Hall–Kier alpha value is -1.60. The first-order valence-corrected chi connectivity index (χ1v) is 5.20. The number of hydrogen-bond donors (Lipinski definition) is 1. The van der Waals surface area contributed by atoms with E-state index in [0.29, 0.717) is 12.1 Å². The van der Waals surface area contributed by atoms with Crippen LogP contribution in [0.15, 0.2) is 12.1 Å². The molecule has 0 atom stereocenters. The SMILES string of the molecule is Fc1cc(F)c(Nc2nc(Cl)nc(Cl)n2)cc1F. The second kappa shape index (κ2) is 4.95. The predicted molar refractivity (Wildman–Crippen MR) is 59.4 cm³/mol. The first-order valence-electron chi connectivity index (χ1n) is 4.44. The lowest BCUT2D eigenvalue weighted by Gasteiger charge is -2.06. The molecule has 1 aromatic heterocycles. The number of rotatable bonds is 2. The van der Waals surface area contributed by atoms with Gasteiger partial charge in [0.25, 0.3) is 0 Å². The van der Waals surface area contributed by atoms with Gasteiger partial charge in [-0.2, -0.15) is 15.0 Å². The van der Waals surface area contributed by atoms with Gasteiger partial charge in [0.05, 0.1) is 5.69 Å². The molecule has 0 aliphatic carbocycles. The van der Waals surface area contributed by atoms with Gasteiger partial charge in [-0.15, -0.1) is 0 Å². The molecule has 0 bridgehead atoms. The summed E-state index contributed by atoms with van der Waals surface area (Å²) in [4.78, 5) is 10.6. The fraction of sp³-hybridized carbons (Fsp3) is 0. The van der Waals surface area contributed by atoms with E-state index in [9.17, 15) is 13.2 Å². The third-order valence-corrected chi connectivity index (χ3v) is 2.18. The molecule has 18 heavy (non-hydrogen) atoms. The van der Waals surface area contributed by atoms with E-state index in [4.69, 9.17) is 23.2 Å². The maximum absolute atomic E-state index is 13.3. The molecular formula is C9H3Cl2F3N4. The lowest BCUT2D eigenvalue weighted by Crippen LogP contribution is -2.02. The van der Waals surface area contributed by atoms with Crippen molar-refractivity contribution in [1.82, 2.24) is 15.0 Å². The Morgan fingerprint density at radius 1 is 0.833 bits per heavy atom. The molecule has 1 N–H and O–H groups in total. The highest BCUT2D eigenvalue weighted by Gasteiger charge is 2.11. The number of anilines is 2. The molecule has 9 heteroatoms. The van der Waals surface area contributed by atoms with Gasteiger partial charge in [0.2, 0.25) is 16.5 Å². The van der Waals surface area contributed by atoms with Gasteiger partial charge in [0.1, 0.15) is 5.82 Å². The van der Waals surface area contributed by atoms with E-state index < -0.39 is 17.5 Å². The summed E-state index contributed by atoms with van der Waals surface area (Å²) in [6, 6.07) is 1.01. The predicted octanol–water partition coefficient (Wildman–Crippen LogP) is 3.34. The molecule has 0 fully saturated rings.